The molecule has 0 aromatic rings. The van der Waals surface area contributed by atoms with E-state index in [0.717, 1.165) is 0 Å². The Labute approximate surface area is 126 Å². The van der Waals surface area contributed by atoms with Gasteiger partial charge in [-0.15, -0.1) is 0 Å². The van der Waals surface area contributed by atoms with Crippen molar-refractivity contribution in [2.24, 2.45) is 29.1 Å². The molecule has 0 aromatic carbocycles. The Morgan fingerprint density at radius 3 is 2.73 bits per heavy atom. The number of hydrogen-bond donors (Lipinski definition) is 0. The molecule has 1 heterocycles. The van der Waals surface area contributed by atoms with Crippen molar-refractivity contribution >= 4 is 11.9 Å². The quantitative estimate of drug-likeness (QED) is 0.750. The molecule has 6 unspecified atom stereocenters. The number of carbonyl (C=O) groups excluding carboxylic acids is 2. The van der Waals surface area contributed by atoms with Crippen LogP contribution >= 0.6 is 0 Å². The van der Waals surface area contributed by atoms with Gasteiger partial charge in [-0.3, -0.25) is 9.59 Å². The maximum absolute atomic E-state index is 13.7. The van der Waals surface area contributed by atoms with Crippen LogP contribution in [0.15, 0.2) is 0 Å². The Kier molecular flexibility index (Phi) is 3.45. The number of cyclic esters (lactones) is 1. The molecule has 22 heavy (non-hydrogen) atoms. The maximum atomic E-state index is 13.7. The molecule has 3 rings (SSSR count). The molecule has 1 aliphatic heterocycles. The molecule has 124 valence electrons. The fraction of sp³-hybridized carbons (Fsp3) is 0.867. The third-order valence-electron chi connectivity index (χ3n) is 5.75. The van der Waals surface area contributed by atoms with E-state index < -0.39 is 54.0 Å². The van der Waals surface area contributed by atoms with E-state index in [9.17, 15) is 22.8 Å². The number of rotatable bonds is 3. The molecule has 3 fully saturated rings. The van der Waals surface area contributed by atoms with Crippen LogP contribution in [0.5, 0.6) is 0 Å². The first kappa shape index (κ1) is 15.6. The Morgan fingerprint density at radius 2 is 2.14 bits per heavy atom. The van der Waals surface area contributed by atoms with Gasteiger partial charge in [-0.2, -0.15) is 13.2 Å². The van der Waals surface area contributed by atoms with E-state index in [1.54, 1.807) is 6.92 Å². The summed E-state index contributed by atoms with van der Waals surface area (Å²) in [6.45, 7) is 2.88. The van der Waals surface area contributed by atoms with Crippen molar-refractivity contribution in [2.75, 3.05) is 6.61 Å². The third kappa shape index (κ3) is 1.90. The zero-order valence-corrected chi connectivity index (χ0v) is 12.5. The second-order valence-corrected chi connectivity index (χ2v) is 6.75. The topological polar surface area (TPSA) is 52.6 Å². The SMILES string of the molecule is CCC(C)C(=O)OC1CC2CC1C1(C(F)(F)F)COC(=O)C21. The summed E-state index contributed by atoms with van der Waals surface area (Å²) < 4.78 is 51.2. The van der Waals surface area contributed by atoms with Crippen LogP contribution in [0.25, 0.3) is 0 Å². The monoisotopic (exact) mass is 320 g/mol. The average Bonchev–Trinajstić information content (AvgIpc) is 3.08. The molecule has 0 spiro atoms. The van der Waals surface area contributed by atoms with Gasteiger partial charge in [0.1, 0.15) is 18.1 Å². The molecular formula is C15H19F3O4. The van der Waals surface area contributed by atoms with Gasteiger partial charge in [0.2, 0.25) is 0 Å². The van der Waals surface area contributed by atoms with Gasteiger partial charge in [-0.1, -0.05) is 13.8 Å². The lowest BCUT2D eigenvalue weighted by Crippen LogP contribution is -2.53. The van der Waals surface area contributed by atoms with Gasteiger partial charge in [0.25, 0.3) is 0 Å². The van der Waals surface area contributed by atoms with Gasteiger partial charge in [0.15, 0.2) is 0 Å². The molecule has 1 saturated heterocycles. The van der Waals surface area contributed by atoms with Gasteiger partial charge in [0, 0.05) is 5.92 Å². The van der Waals surface area contributed by atoms with Crippen molar-refractivity contribution < 1.29 is 32.2 Å². The number of ether oxygens (including phenoxy) is 2. The molecule has 2 aliphatic carbocycles. The Morgan fingerprint density at radius 1 is 1.45 bits per heavy atom. The zero-order valence-electron chi connectivity index (χ0n) is 12.5. The minimum atomic E-state index is -4.54. The molecule has 0 aromatic heterocycles. The summed E-state index contributed by atoms with van der Waals surface area (Å²) in [5.74, 6) is -3.96. The largest absolute Gasteiger partial charge is 0.464 e. The summed E-state index contributed by atoms with van der Waals surface area (Å²) in [6.07, 6.45) is -4.12. The maximum Gasteiger partial charge on any atom is 0.399 e. The van der Waals surface area contributed by atoms with E-state index >= 15 is 0 Å². The summed E-state index contributed by atoms with van der Waals surface area (Å²) in [4.78, 5) is 23.7. The van der Waals surface area contributed by atoms with Gasteiger partial charge >= 0.3 is 18.1 Å². The van der Waals surface area contributed by atoms with E-state index in [1.165, 1.54) is 0 Å². The molecule has 0 radical (unpaired) electrons. The number of fused-ring (bicyclic) bond motifs is 5. The highest BCUT2D eigenvalue weighted by Crippen LogP contribution is 2.68. The lowest BCUT2D eigenvalue weighted by Gasteiger charge is -2.40. The van der Waals surface area contributed by atoms with Gasteiger partial charge < -0.3 is 9.47 Å². The zero-order chi connectivity index (χ0) is 16.3. The van der Waals surface area contributed by atoms with E-state index in [2.05, 4.69) is 0 Å². The minimum Gasteiger partial charge on any atom is -0.464 e. The summed E-state index contributed by atoms with van der Waals surface area (Å²) >= 11 is 0. The Bertz CT molecular complexity index is 504. The van der Waals surface area contributed by atoms with Crippen molar-refractivity contribution in [3.05, 3.63) is 0 Å². The predicted molar refractivity (Wildman–Crippen MR) is 68.5 cm³/mol. The van der Waals surface area contributed by atoms with Gasteiger partial charge in [-0.05, 0) is 25.2 Å². The van der Waals surface area contributed by atoms with E-state index in [4.69, 9.17) is 9.47 Å². The second kappa shape index (κ2) is 4.86. The molecule has 7 heteroatoms. The van der Waals surface area contributed by atoms with Crippen LogP contribution in [0.4, 0.5) is 13.2 Å². The number of alkyl halides is 3. The molecule has 4 nitrogen and oxygen atoms in total. The van der Waals surface area contributed by atoms with Gasteiger partial charge in [0.05, 0.1) is 11.8 Å². The van der Waals surface area contributed by atoms with Crippen molar-refractivity contribution in [3.8, 4) is 0 Å². The lowest BCUT2D eigenvalue weighted by molar-refractivity contribution is -0.262. The molecule has 2 saturated carbocycles. The first-order valence-corrected chi connectivity index (χ1v) is 7.66. The summed E-state index contributed by atoms with van der Waals surface area (Å²) in [7, 11) is 0. The number of halogens is 3. The number of hydrogen-bond acceptors (Lipinski definition) is 4. The molecule has 0 amide bonds. The van der Waals surface area contributed by atoms with Crippen molar-refractivity contribution in [2.45, 2.75) is 45.4 Å². The molecule has 6 atom stereocenters. The lowest BCUT2D eigenvalue weighted by atomic mass is 9.66. The number of carbonyl (C=O) groups is 2. The molecule has 0 N–H and O–H groups in total. The average molecular weight is 320 g/mol. The standard InChI is InChI=1S/C15H19F3O4/c1-3-7(2)12(19)22-10-5-8-4-9(10)14(15(16,17)18)6-21-13(20)11(8)14/h7-11H,3-6H2,1-2H3. The van der Waals surface area contributed by atoms with Crippen LogP contribution in [-0.2, 0) is 19.1 Å². The van der Waals surface area contributed by atoms with E-state index in [0.29, 0.717) is 12.8 Å². The fourth-order valence-corrected chi connectivity index (χ4v) is 4.41. The second-order valence-electron chi connectivity index (χ2n) is 6.75. The van der Waals surface area contributed by atoms with Gasteiger partial charge in [-0.25, -0.2) is 0 Å². The Balaban J connectivity index is 1.86. The van der Waals surface area contributed by atoms with Crippen LogP contribution in [0.2, 0.25) is 0 Å². The molecule has 2 bridgehead atoms. The summed E-state index contributed by atoms with van der Waals surface area (Å²) in [6, 6.07) is 0. The van der Waals surface area contributed by atoms with Crippen LogP contribution < -0.4 is 0 Å². The van der Waals surface area contributed by atoms with Crippen molar-refractivity contribution in [1.82, 2.24) is 0 Å². The normalized spacial score (nSPS) is 41.2. The summed E-state index contributed by atoms with van der Waals surface area (Å²) in [5, 5.41) is 0. The van der Waals surface area contributed by atoms with Crippen LogP contribution in [0.1, 0.15) is 33.1 Å². The first-order chi connectivity index (χ1) is 10.2. The highest BCUT2D eigenvalue weighted by Gasteiger charge is 2.78. The van der Waals surface area contributed by atoms with Crippen molar-refractivity contribution in [1.29, 1.82) is 0 Å². The van der Waals surface area contributed by atoms with Crippen LogP contribution in [0.3, 0.4) is 0 Å². The number of esters is 2. The first-order valence-electron chi connectivity index (χ1n) is 7.66. The smallest absolute Gasteiger partial charge is 0.399 e. The predicted octanol–water partition coefficient (Wildman–Crippen LogP) is 2.71. The summed E-state index contributed by atoms with van der Waals surface area (Å²) in [5.41, 5.74) is -2.17. The van der Waals surface area contributed by atoms with Crippen LogP contribution in [0, 0.1) is 29.1 Å². The fourth-order valence-electron chi connectivity index (χ4n) is 4.41. The highest BCUT2D eigenvalue weighted by atomic mass is 19.4. The van der Waals surface area contributed by atoms with Crippen LogP contribution in [-0.4, -0.2) is 30.8 Å². The molecule has 3 aliphatic rings. The van der Waals surface area contributed by atoms with E-state index in [1.807, 2.05) is 6.92 Å². The minimum absolute atomic E-state index is 0.276. The molecular weight excluding hydrogens is 301 g/mol. The van der Waals surface area contributed by atoms with Crippen molar-refractivity contribution in [3.63, 3.8) is 0 Å². The highest BCUT2D eigenvalue weighted by molar-refractivity contribution is 5.78. The third-order valence-corrected chi connectivity index (χ3v) is 5.75. The Hall–Kier alpha value is -1.27. The van der Waals surface area contributed by atoms with E-state index in [-0.39, 0.29) is 12.3 Å².